The summed E-state index contributed by atoms with van der Waals surface area (Å²) in [5, 5.41) is 6.34. The van der Waals surface area contributed by atoms with Crippen molar-refractivity contribution in [2.24, 2.45) is 10.8 Å². The standard InChI is InChI=1S/C19H20N4O4/c1-13(15-7-3-2-4-8-15)22-18(25)19(26)23-21-11-14-6-5-9-16(10-14)27-12-17(20)24/h2-11,13H,12H2,1H3,(H2,20,24)(H,22,25)(H,23,26)/b21-11-/t13-/m1/s1. The van der Waals surface area contributed by atoms with E-state index in [1.807, 2.05) is 30.3 Å². The first-order valence-electron chi connectivity index (χ1n) is 8.15. The Balaban J connectivity index is 1.86. The lowest BCUT2D eigenvalue weighted by atomic mass is 10.1. The summed E-state index contributed by atoms with van der Waals surface area (Å²) in [6.07, 6.45) is 1.35. The summed E-state index contributed by atoms with van der Waals surface area (Å²) in [7, 11) is 0. The molecule has 2 rings (SSSR count). The molecule has 0 aromatic heterocycles. The number of amides is 3. The molecule has 8 nitrogen and oxygen atoms in total. The molecule has 0 saturated carbocycles. The third-order valence-corrected chi connectivity index (χ3v) is 3.47. The summed E-state index contributed by atoms with van der Waals surface area (Å²) in [6.45, 7) is 1.54. The normalized spacial score (nSPS) is 11.6. The molecule has 2 aromatic carbocycles. The topological polar surface area (TPSA) is 123 Å². The van der Waals surface area contributed by atoms with Gasteiger partial charge in [-0.25, -0.2) is 5.43 Å². The minimum atomic E-state index is -0.879. The molecule has 0 spiro atoms. The van der Waals surface area contributed by atoms with E-state index in [1.165, 1.54) is 6.21 Å². The van der Waals surface area contributed by atoms with Gasteiger partial charge in [-0.15, -0.1) is 0 Å². The number of hydrogen-bond acceptors (Lipinski definition) is 5. The summed E-state index contributed by atoms with van der Waals surface area (Å²) >= 11 is 0. The molecule has 0 radical (unpaired) electrons. The van der Waals surface area contributed by atoms with Crippen LogP contribution in [0.3, 0.4) is 0 Å². The van der Waals surface area contributed by atoms with Gasteiger partial charge in [-0.05, 0) is 30.2 Å². The number of carbonyl (C=O) groups is 3. The first-order valence-corrected chi connectivity index (χ1v) is 8.15. The van der Waals surface area contributed by atoms with Crippen LogP contribution in [0, 0.1) is 0 Å². The summed E-state index contributed by atoms with van der Waals surface area (Å²) in [5.74, 6) is -1.83. The van der Waals surface area contributed by atoms with E-state index in [1.54, 1.807) is 31.2 Å². The van der Waals surface area contributed by atoms with Crippen molar-refractivity contribution in [3.63, 3.8) is 0 Å². The molecule has 140 valence electrons. The summed E-state index contributed by atoms with van der Waals surface area (Å²) in [5.41, 5.74) is 8.67. The molecule has 27 heavy (non-hydrogen) atoms. The van der Waals surface area contributed by atoms with Gasteiger partial charge in [0.1, 0.15) is 5.75 Å². The zero-order chi connectivity index (χ0) is 19.6. The van der Waals surface area contributed by atoms with Crippen LogP contribution in [0.15, 0.2) is 59.7 Å². The monoisotopic (exact) mass is 368 g/mol. The second-order valence-electron chi connectivity index (χ2n) is 5.63. The Morgan fingerprint density at radius 2 is 1.85 bits per heavy atom. The highest BCUT2D eigenvalue weighted by molar-refractivity contribution is 6.35. The lowest BCUT2D eigenvalue weighted by molar-refractivity contribution is -0.139. The van der Waals surface area contributed by atoms with Gasteiger partial charge in [0.15, 0.2) is 6.61 Å². The van der Waals surface area contributed by atoms with E-state index < -0.39 is 17.7 Å². The summed E-state index contributed by atoms with van der Waals surface area (Å²) < 4.78 is 5.17. The average Bonchev–Trinajstić information content (AvgIpc) is 2.67. The number of rotatable bonds is 7. The van der Waals surface area contributed by atoms with Crippen LogP contribution in [0.4, 0.5) is 0 Å². The minimum absolute atomic E-state index is 0.239. The molecule has 0 aliphatic carbocycles. The molecular formula is C19H20N4O4. The average molecular weight is 368 g/mol. The zero-order valence-electron chi connectivity index (χ0n) is 14.7. The van der Waals surface area contributed by atoms with Crippen molar-refractivity contribution in [2.45, 2.75) is 13.0 Å². The highest BCUT2D eigenvalue weighted by atomic mass is 16.5. The van der Waals surface area contributed by atoms with Gasteiger partial charge in [0.25, 0.3) is 5.91 Å². The van der Waals surface area contributed by atoms with Crippen LogP contribution in [0.25, 0.3) is 0 Å². The van der Waals surface area contributed by atoms with Crippen LogP contribution in [0.5, 0.6) is 5.75 Å². The number of ether oxygens (including phenoxy) is 1. The minimum Gasteiger partial charge on any atom is -0.484 e. The largest absolute Gasteiger partial charge is 0.484 e. The highest BCUT2D eigenvalue weighted by Crippen LogP contribution is 2.12. The maximum atomic E-state index is 11.9. The molecule has 0 bridgehead atoms. The Bertz CT molecular complexity index is 837. The van der Waals surface area contributed by atoms with E-state index in [0.29, 0.717) is 11.3 Å². The van der Waals surface area contributed by atoms with E-state index >= 15 is 0 Å². The van der Waals surface area contributed by atoms with E-state index in [4.69, 9.17) is 10.5 Å². The van der Waals surface area contributed by atoms with Crippen molar-refractivity contribution >= 4 is 23.9 Å². The van der Waals surface area contributed by atoms with Gasteiger partial charge in [0.2, 0.25) is 0 Å². The van der Waals surface area contributed by atoms with Crippen LogP contribution in [0.1, 0.15) is 24.1 Å². The molecule has 2 aromatic rings. The third-order valence-electron chi connectivity index (χ3n) is 3.47. The number of nitrogens with two attached hydrogens (primary N) is 1. The van der Waals surface area contributed by atoms with Gasteiger partial charge in [-0.3, -0.25) is 14.4 Å². The molecule has 8 heteroatoms. The second-order valence-corrected chi connectivity index (χ2v) is 5.63. The number of nitrogens with one attached hydrogen (secondary N) is 2. The van der Waals surface area contributed by atoms with E-state index in [2.05, 4.69) is 15.8 Å². The Morgan fingerprint density at radius 3 is 2.56 bits per heavy atom. The van der Waals surface area contributed by atoms with Crippen molar-refractivity contribution < 1.29 is 19.1 Å². The predicted octanol–water partition coefficient (Wildman–Crippen LogP) is 0.878. The fourth-order valence-corrected chi connectivity index (χ4v) is 2.14. The maximum absolute atomic E-state index is 11.9. The smallest absolute Gasteiger partial charge is 0.329 e. The van der Waals surface area contributed by atoms with Crippen molar-refractivity contribution in [3.05, 3.63) is 65.7 Å². The Kier molecular flexibility index (Phi) is 7.07. The highest BCUT2D eigenvalue weighted by Gasteiger charge is 2.16. The van der Waals surface area contributed by atoms with Gasteiger partial charge in [-0.1, -0.05) is 42.5 Å². The number of hydrogen-bond donors (Lipinski definition) is 3. The van der Waals surface area contributed by atoms with E-state index in [0.717, 1.165) is 5.56 Å². The number of benzene rings is 2. The first-order chi connectivity index (χ1) is 13.0. The predicted molar refractivity (Wildman–Crippen MR) is 99.9 cm³/mol. The summed E-state index contributed by atoms with van der Waals surface area (Å²) in [4.78, 5) is 34.5. The van der Waals surface area contributed by atoms with Crippen molar-refractivity contribution in [3.8, 4) is 5.75 Å². The number of carbonyl (C=O) groups excluding carboxylic acids is 3. The lowest BCUT2D eigenvalue weighted by Crippen LogP contribution is -2.39. The van der Waals surface area contributed by atoms with E-state index in [9.17, 15) is 14.4 Å². The molecule has 0 unspecified atom stereocenters. The SMILES string of the molecule is C[C@@H](NC(=O)C(=O)N/N=C\c1cccc(OCC(N)=O)c1)c1ccccc1. The lowest BCUT2D eigenvalue weighted by Gasteiger charge is -2.13. The molecule has 0 aliphatic heterocycles. The van der Waals surface area contributed by atoms with E-state index in [-0.39, 0.29) is 12.6 Å². The molecular weight excluding hydrogens is 348 g/mol. The van der Waals surface area contributed by atoms with Gasteiger partial charge in [0, 0.05) is 0 Å². The Morgan fingerprint density at radius 1 is 1.11 bits per heavy atom. The molecule has 3 amide bonds. The number of primary amides is 1. The van der Waals surface area contributed by atoms with Crippen LogP contribution < -0.4 is 21.2 Å². The molecule has 1 atom stereocenters. The molecule has 0 heterocycles. The second kappa shape index (κ2) is 9.71. The Labute approximate surface area is 156 Å². The molecule has 0 aliphatic rings. The molecule has 0 fully saturated rings. The van der Waals surface area contributed by atoms with Crippen LogP contribution in [-0.2, 0) is 14.4 Å². The van der Waals surface area contributed by atoms with Gasteiger partial charge in [0.05, 0.1) is 12.3 Å². The van der Waals surface area contributed by atoms with Crippen molar-refractivity contribution in [1.29, 1.82) is 0 Å². The fourth-order valence-electron chi connectivity index (χ4n) is 2.14. The van der Waals surface area contributed by atoms with Gasteiger partial charge in [-0.2, -0.15) is 5.10 Å². The van der Waals surface area contributed by atoms with Gasteiger partial charge < -0.3 is 15.8 Å². The van der Waals surface area contributed by atoms with Crippen molar-refractivity contribution in [2.75, 3.05) is 6.61 Å². The zero-order valence-corrected chi connectivity index (χ0v) is 14.7. The van der Waals surface area contributed by atoms with Crippen LogP contribution in [0.2, 0.25) is 0 Å². The quantitative estimate of drug-likeness (QED) is 0.381. The first kappa shape index (κ1) is 19.6. The molecule has 0 saturated heterocycles. The fraction of sp³-hybridized carbons (Fsp3) is 0.158. The van der Waals surface area contributed by atoms with Crippen LogP contribution >= 0.6 is 0 Å². The number of nitrogens with zero attached hydrogens (tertiary/aromatic N) is 1. The summed E-state index contributed by atoms with van der Waals surface area (Å²) in [6, 6.07) is 15.6. The van der Waals surface area contributed by atoms with Gasteiger partial charge >= 0.3 is 11.8 Å². The maximum Gasteiger partial charge on any atom is 0.329 e. The van der Waals surface area contributed by atoms with Crippen LogP contribution in [-0.4, -0.2) is 30.5 Å². The van der Waals surface area contributed by atoms with Crippen molar-refractivity contribution in [1.82, 2.24) is 10.7 Å². The Hall–Kier alpha value is -3.68. The molecule has 4 N–H and O–H groups in total. The number of hydrazone groups is 1. The third kappa shape index (κ3) is 6.62.